The number of hydrogen-bond acceptors (Lipinski definition) is 7. The van der Waals surface area contributed by atoms with E-state index in [0.717, 1.165) is 17.7 Å². The molecule has 1 saturated heterocycles. The second-order valence-corrected chi connectivity index (χ2v) is 11.2. The van der Waals surface area contributed by atoms with Crippen LogP contribution in [0.15, 0.2) is 69.1 Å². The van der Waals surface area contributed by atoms with Gasteiger partial charge in [-0.15, -0.1) is 0 Å². The molecule has 0 spiro atoms. The number of aromatic nitrogens is 2. The van der Waals surface area contributed by atoms with E-state index in [4.69, 9.17) is 5.73 Å². The number of amides is 1. The Balaban J connectivity index is 1.50. The fourth-order valence-corrected chi connectivity index (χ4v) is 5.93. The number of aromatic amines is 1. The lowest BCUT2D eigenvalue weighted by atomic mass is 10.2. The van der Waals surface area contributed by atoms with Crippen LogP contribution in [-0.4, -0.2) is 72.3 Å². The summed E-state index contributed by atoms with van der Waals surface area (Å²) < 4.78 is 41.5. The SMILES string of the molecule is CCCN(C(=O)CN1CCN(S(=O)(=O)c2ccc(F)cc2)CC1)c1c(N)n(Cc2ccccc2)c(=O)[nH]c1=O. The Bertz CT molecular complexity index is 1530. The molecule has 0 atom stereocenters. The first-order chi connectivity index (χ1) is 18.6. The number of benzene rings is 2. The van der Waals surface area contributed by atoms with Crippen LogP contribution in [0.4, 0.5) is 15.9 Å². The summed E-state index contributed by atoms with van der Waals surface area (Å²) in [7, 11) is -3.79. The Labute approximate surface area is 225 Å². The first-order valence-corrected chi connectivity index (χ1v) is 14.0. The molecule has 1 aliphatic rings. The first-order valence-electron chi connectivity index (χ1n) is 12.6. The molecule has 1 fully saturated rings. The molecule has 2 aromatic carbocycles. The number of rotatable bonds is 9. The summed E-state index contributed by atoms with van der Waals surface area (Å²) >= 11 is 0. The van der Waals surface area contributed by atoms with Gasteiger partial charge in [-0.05, 0) is 36.2 Å². The molecular weight excluding hydrogens is 527 g/mol. The van der Waals surface area contributed by atoms with E-state index >= 15 is 0 Å². The minimum Gasteiger partial charge on any atom is -0.383 e. The molecule has 0 unspecified atom stereocenters. The summed E-state index contributed by atoms with van der Waals surface area (Å²) in [5, 5.41) is 0. The highest BCUT2D eigenvalue weighted by Gasteiger charge is 2.31. The van der Waals surface area contributed by atoms with Crippen molar-refractivity contribution in [3.8, 4) is 0 Å². The number of carbonyl (C=O) groups excluding carboxylic acids is 1. The maximum absolute atomic E-state index is 13.4. The Morgan fingerprint density at radius 3 is 2.28 bits per heavy atom. The minimum absolute atomic E-state index is 0.00266. The number of anilines is 2. The number of hydrogen-bond donors (Lipinski definition) is 2. The molecule has 208 valence electrons. The molecular formula is C26H31FN6O5S. The van der Waals surface area contributed by atoms with Crippen LogP contribution in [0.1, 0.15) is 18.9 Å². The average molecular weight is 559 g/mol. The van der Waals surface area contributed by atoms with Crippen LogP contribution >= 0.6 is 0 Å². The summed E-state index contributed by atoms with van der Waals surface area (Å²) in [4.78, 5) is 44.2. The molecule has 11 nitrogen and oxygen atoms in total. The number of H-pyrrole nitrogens is 1. The number of nitrogens with zero attached hydrogens (tertiary/aromatic N) is 4. The predicted molar refractivity (Wildman–Crippen MR) is 146 cm³/mol. The molecule has 3 aromatic rings. The molecule has 0 radical (unpaired) electrons. The van der Waals surface area contributed by atoms with Crippen molar-refractivity contribution in [2.75, 3.05) is 49.9 Å². The maximum Gasteiger partial charge on any atom is 0.330 e. The maximum atomic E-state index is 13.4. The number of piperazine rings is 1. The van der Waals surface area contributed by atoms with Crippen molar-refractivity contribution in [1.82, 2.24) is 18.8 Å². The van der Waals surface area contributed by atoms with Gasteiger partial charge in [0.05, 0.1) is 18.0 Å². The van der Waals surface area contributed by atoms with Crippen LogP contribution in [0, 0.1) is 5.82 Å². The van der Waals surface area contributed by atoms with Crippen molar-refractivity contribution in [3.63, 3.8) is 0 Å². The van der Waals surface area contributed by atoms with E-state index < -0.39 is 33.0 Å². The third-order valence-corrected chi connectivity index (χ3v) is 8.47. The van der Waals surface area contributed by atoms with E-state index in [9.17, 15) is 27.2 Å². The van der Waals surface area contributed by atoms with Crippen LogP contribution in [0.2, 0.25) is 0 Å². The number of sulfonamides is 1. The zero-order chi connectivity index (χ0) is 28.2. The number of nitrogen functional groups attached to an aromatic ring is 1. The molecule has 1 aliphatic heterocycles. The Kier molecular flexibility index (Phi) is 8.63. The van der Waals surface area contributed by atoms with Gasteiger partial charge in [0.2, 0.25) is 15.9 Å². The van der Waals surface area contributed by atoms with Gasteiger partial charge in [-0.2, -0.15) is 4.31 Å². The third kappa shape index (κ3) is 6.27. The molecule has 2 heterocycles. The van der Waals surface area contributed by atoms with Gasteiger partial charge in [0.1, 0.15) is 11.6 Å². The van der Waals surface area contributed by atoms with Crippen molar-refractivity contribution < 1.29 is 17.6 Å². The molecule has 3 N–H and O–H groups in total. The standard InChI is InChI=1S/C26H31FN6O5S/c1-2-12-32(23-24(28)33(26(36)29-25(23)35)17-19-6-4-3-5-7-19)22(34)18-30-13-15-31(16-14-30)39(37,38)21-10-8-20(27)9-11-21/h3-11H,2,12-18,28H2,1H3,(H,29,35,36). The predicted octanol–water partition coefficient (Wildman–Crippen LogP) is 1.06. The molecule has 0 saturated carbocycles. The normalized spacial score (nSPS) is 14.8. The minimum atomic E-state index is -3.79. The van der Waals surface area contributed by atoms with Gasteiger partial charge < -0.3 is 10.6 Å². The fraction of sp³-hybridized carbons (Fsp3) is 0.346. The quantitative estimate of drug-likeness (QED) is 0.400. The monoisotopic (exact) mass is 558 g/mol. The van der Waals surface area contributed by atoms with E-state index in [-0.39, 0.29) is 62.2 Å². The topological polar surface area (TPSA) is 142 Å². The van der Waals surface area contributed by atoms with Crippen molar-refractivity contribution in [1.29, 1.82) is 0 Å². The van der Waals surface area contributed by atoms with Gasteiger partial charge >= 0.3 is 5.69 Å². The summed E-state index contributed by atoms with van der Waals surface area (Å²) in [6.07, 6.45) is 0.534. The van der Waals surface area contributed by atoms with Gasteiger partial charge in [-0.25, -0.2) is 17.6 Å². The molecule has 13 heteroatoms. The highest BCUT2D eigenvalue weighted by Crippen LogP contribution is 2.21. The number of halogens is 1. The lowest BCUT2D eigenvalue weighted by Crippen LogP contribution is -2.52. The highest BCUT2D eigenvalue weighted by molar-refractivity contribution is 7.89. The van der Waals surface area contributed by atoms with Crippen LogP contribution in [0.25, 0.3) is 0 Å². The number of nitrogens with one attached hydrogen (secondary N) is 1. The second kappa shape index (κ2) is 11.9. The van der Waals surface area contributed by atoms with E-state index in [2.05, 4.69) is 4.98 Å². The number of nitrogens with two attached hydrogens (primary N) is 1. The van der Waals surface area contributed by atoms with Crippen molar-refractivity contribution >= 4 is 27.4 Å². The van der Waals surface area contributed by atoms with Crippen LogP contribution in [0.5, 0.6) is 0 Å². The van der Waals surface area contributed by atoms with Gasteiger partial charge in [-0.1, -0.05) is 37.3 Å². The summed E-state index contributed by atoms with van der Waals surface area (Å²) in [6.45, 7) is 2.96. The lowest BCUT2D eigenvalue weighted by Gasteiger charge is -2.34. The summed E-state index contributed by atoms with van der Waals surface area (Å²) in [5.41, 5.74) is 5.59. The molecule has 0 bridgehead atoms. The summed E-state index contributed by atoms with van der Waals surface area (Å²) in [6, 6.07) is 13.8. The van der Waals surface area contributed by atoms with Gasteiger partial charge in [-0.3, -0.25) is 24.0 Å². The molecule has 1 aromatic heterocycles. The third-order valence-electron chi connectivity index (χ3n) is 6.56. The molecule has 39 heavy (non-hydrogen) atoms. The molecule has 1 amide bonds. The average Bonchev–Trinajstić information content (AvgIpc) is 2.91. The smallest absolute Gasteiger partial charge is 0.330 e. The van der Waals surface area contributed by atoms with Crippen LogP contribution < -0.4 is 21.9 Å². The van der Waals surface area contributed by atoms with E-state index in [0.29, 0.717) is 6.42 Å². The van der Waals surface area contributed by atoms with E-state index in [1.54, 1.807) is 4.90 Å². The van der Waals surface area contributed by atoms with Crippen molar-refractivity contribution in [2.24, 2.45) is 0 Å². The summed E-state index contributed by atoms with van der Waals surface area (Å²) in [5.74, 6) is -1.03. The van der Waals surface area contributed by atoms with Gasteiger partial charge in [0.25, 0.3) is 5.56 Å². The zero-order valence-electron chi connectivity index (χ0n) is 21.5. The second-order valence-electron chi connectivity index (χ2n) is 9.24. The van der Waals surface area contributed by atoms with Crippen LogP contribution in [0.3, 0.4) is 0 Å². The molecule has 0 aliphatic carbocycles. The van der Waals surface area contributed by atoms with E-state index in [1.165, 1.54) is 25.9 Å². The molecule has 4 rings (SSSR count). The van der Waals surface area contributed by atoms with Crippen LogP contribution in [-0.2, 0) is 21.4 Å². The van der Waals surface area contributed by atoms with Gasteiger partial charge in [0, 0.05) is 32.7 Å². The van der Waals surface area contributed by atoms with Crippen molar-refractivity contribution in [3.05, 3.63) is 86.8 Å². The Morgan fingerprint density at radius 2 is 1.67 bits per heavy atom. The van der Waals surface area contributed by atoms with Gasteiger partial charge in [0.15, 0.2) is 5.69 Å². The zero-order valence-corrected chi connectivity index (χ0v) is 22.4. The Hall–Kier alpha value is -3.81. The number of carbonyl (C=O) groups is 1. The fourth-order valence-electron chi connectivity index (χ4n) is 4.51. The Morgan fingerprint density at radius 1 is 1.03 bits per heavy atom. The lowest BCUT2D eigenvalue weighted by molar-refractivity contribution is -0.120. The first kappa shape index (κ1) is 28.2. The highest BCUT2D eigenvalue weighted by atomic mass is 32.2. The van der Waals surface area contributed by atoms with E-state index in [1.807, 2.05) is 37.3 Å². The van der Waals surface area contributed by atoms with Crippen molar-refractivity contribution in [2.45, 2.75) is 24.8 Å². The largest absolute Gasteiger partial charge is 0.383 e.